The van der Waals surface area contributed by atoms with Crippen LogP contribution < -0.4 is 35.4 Å². The van der Waals surface area contributed by atoms with Crippen LogP contribution in [0.3, 0.4) is 0 Å². The molecule has 1 amide bonds. The molecule has 5 heterocycles. The number of esters is 4. The number of piperazine rings is 1. The number of hydrogen-bond donors (Lipinski definition) is 3. The first-order chi connectivity index (χ1) is 45.0. The number of halogens is 2. The monoisotopic (exact) mass is 1300 g/mol. The molecule has 0 spiro atoms. The number of aliphatic hydroxyl groups is 2. The summed E-state index contributed by atoms with van der Waals surface area (Å²) in [6, 6.07) is 1.43. The zero-order chi connectivity index (χ0) is 66.4. The number of anilines is 2. The maximum absolute atomic E-state index is 16.8. The van der Waals surface area contributed by atoms with Crippen LogP contribution in [0.25, 0.3) is 21.8 Å². The second kappa shape index (κ2) is 24.8. The number of fused-ring (bicyclic) bond motifs is 8. The smallest absolute Gasteiger partial charge is 0.412 e. The Kier molecular flexibility index (Phi) is 17.0. The molecule has 24 nitrogen and oxygen atoms in total. The molecule has 3 saturated heterocycles. The molecule has 4 aromatic rings. The molecule has 3 aliphatic heterocycles. The summed E-state index contributed by atoms with van der Waals surface area (Å²) in [5, 5.41) is 26.9. The molecular formula is C68H78F2N6O18. The van der Waals surface area contributed by atoms with E-state index in [1.54, 1.807) is 27.0 Å². The Balaban J connectivity index is 0.615. The number of ketones is 2. The predicted molar refractivity (Wildman–Crippen MR) is 332 cm³/mol. The van der Waals surface area contributed by atoms with Gasteiger partial charge in [-0.05, 0) is 120 Å². The van der Waals surface area contributed by atoms with Crippen LogP contribution in [0.2, 0.25) is 0 Å². The van der Waals surface area contributed by atoms with E-state index in [1.165, 1.54) is 37.6 Å². The highest BCUT2D eigenvalue weighted by Gasteiger charge is 2.68. The van der Waals surface area contributed by atoms with Gasteiger partial charge in [0.05, 0.1) is 61.0 Å². The Hall–Kier alpha value is -8.23. The minimum absolute atomic E-state index is 0.0171. The third-order valence-corrected chi connectivity index (χ3v) is 21.9. The van der Waals surface area contributed by atoms with E-state index in [-0.39, 0.29) is 125 Å². The fourth-order valence-corrected chi connectivity index (χ4v) is 17.1. The molecule has 502 valence electrons. The lowest BCUT2D eigenvalue weighted by Gasteiger charge is -2.59. The van der Waals surface area contributed by atoms with Crippen molar-refractivity contribution in [3.63, 3.8) is 0 Å². The van der Waals surface area contributed by atoms with E-state index >= 15 is 8.78 Å². The Morgan fingerprint density at radius 1 is 0.723 bits per heavy atom. The highest BCUT2D eigenvalue weighted by Crippen LogP contribution is 2.67. The number of nitrogens with one attached hydrogen (secondary N) is 1. The number of carbonyl (C=O) groups is 7. The van der Waals surface area contributed by atoms with Gasteiger partial charge in [-0.3, -0.25) is 28.8 Å². The average molecular weight is 1310 g/mol. The van der Waals surface area contributed by atoms with E-state index in [0.29, 0.717) is 70.1 Å². The van der Waals surface area contributed by atoms with E-state index in [2.05, 4.69) is 5.32 Å². The maximum Gasteiger partial charge on any atom is 0.412 e. The molecule has 0 bridgehead atoms. The van der Waals surface area contributed by atoms with Crippen LogP contribution in [0.1, 0.15) is 137 Å². The fourth-order valence-electron chi connectivity index (χ4n) is 17.1. The van der Waals surface area contributed by atoms with Gasteiger partial charge in [0.1, 0.15) is 28.1 Å². The summed E-state index contributed by atoms with van der Waals surface area (Å²) in [5.41, 5.74) is -4.14. The molecule has 94 heavy (non-hydrogen) atoms. The number of ether oxygens (including phenoxy) is 7. The van der Waals surface area contributed by atoms with Gasteiger partial charge in [-0.2, -0.15) is 0 Å². The molecule has 6 aliphatic carbocycles. The van der Waals surface area contributed by atoms with Gasteiger partial charge >= 0.3 is 30.0 Å². The van der Waals surface area contributed by atoms with Gasteiger partial charge in [-0.15, -0.1) is 0 Å². The van der Waals surface area contributed by atoms with Crippen LogP contribution in [0.4, 0.5) is 25.0 Å². The number of nitrogens with zero attached hydrogens (tertiary/aromatic N) is 5. The van der Waals surface area contributed by atoms with Crippen molar-refractivity contribution in [2.24, 2.45) is 34.5 Å². The van der Waals surface area contributed by atoms with Crippen molar-refractivity contribution < 1.29 is 85.7 Å². The van der Waals surface area contributed by atoms with Gasteiger partial charge in [0.25, 0.3) is 0 Å². The van der Waals surface area contributed by atoms with E-state index in [1.807, 2.05) is 24.8 Å². The van der Waals surface area contributed by atoms with Gasteiger partial charge in [0, 0.05) is 86.5 Å². The zero-order valence-electron chi connectivity index (χ0n) is 53.2. The summed E-state index contributed by atoms with van der Waals surface area (Å²) in [7, 11) is 2.75. The molecule has 10 atom stereocenters. The first kappa shape index (κ1) is 64.5. The number of methoxy groups -OCH3 is 2. The number of piperidine rings is 1. The van der Waals surface area contributed by atoms with Crippen molar-refractivity contribution in [2.45, 2.75) is 140 Å². The molecule has 8 fully saturated rings. The first-order valence-electron chi connectivity index (χ1n) is 32.6. The second-order valence-electron chi connectivity index (χ2n) is 27.4. The number of amides is 1. The van der Waals surface area contributed by atoms with Crippen LogP contribution in [-0.2, 0) is 42.9 Å². The molecular weight excluding hydrogens is 1230 g/mol. The van der Waals surface area contributed by atoms with Crippen LogP contribution in [-0.4, -0.2) is 163 Å². The van der Waals surface area contributed by atoms with Gasteiger partial charge in [-0.25, -0.2) is 23.2 Å². The predicted octanol–water partition coefficient (Wildman–Crippen LogP) is 6.49. The highest BCUT2D eigenvalue weighted by atomic mass is 19.1. The molecule has 10 unspecified atom stereocenters. The number of aromatic nitrogens is 2. The van der Waals surface area contributed by atoms with Gasteiger partial charge in [0.2, 0.25) is 30.2 Å². The van der Waals surface area contributed by atoms with Gasteiger partial charge in [-0.1, -0.05) is 25.5 Å². The number of likely N-dealkylation sites (tertiary alicyclic amines) is 1. The fraction of sp³-hybridized carbons (Fsp3) is 0.574. The maximum atomic E-state index is 16.8. The van der Waals surface area contributed by atoms with Crippen molar-refractivity contribution in [1.82, 2.24) is 19.4 Å². The van der Waals surface area contributed by atoms with Crippen LogP contribution >= 0.6 is 0 Å². The van der Waals surface area contributed by atoms with Crippen LogP contribution in [0, 0.1) is 46.1 Å². The quantitative estimate of drug-likeness (QED) is 0.0545. The summed E-state index contributed by atoms with van der Waals surface area (Å²) in [4.78, 5) is 126. The lowest BCUT2D eigenvalue weighted by Crippen LogP contribution is -2.61. The lowest BCUT2D eigenvalue weighted by molar-refractivity contribution is -0.181. The number of carbonyl (C=O) groups excluding carboxylic acids is 7. The third kappa shape index (κ3) is 11.2. The topological polar surface area (TPSA) is 290 Å². The van der Waals surface area contributed by atoms with Crippen molar-refractivity contribution in [3.8, 4) is 11.5 Å². The highest BCUT2D eigenvalue weighted by molar-refractivity contribution is 6.02. The number of hydrogen-bond acceptors (Lipinski definition) is 21. The normalized spacial score (nSPS) is 28.6. The van der Waals surface area contributed by atoms with Crippen molar-refractivity contribution in [2.75, 3.05) is 83.5 Å². The SMILES string of the molecule is COc1c(N2CCNC(C)C2)c(F)cc2c(=O)c(C(=O)OCOC(=O)N3CCCC4CN(c5c(F)cc6c(=O)c(C(=O)OCOC(=O)CCC(=O)OCC(=O)C7(O)CCC8C9CCC%10=CC(=O)C=CC%10(C)C9C(O)CC87C)cn(C7CC7)c6c5OC)CC43)cn(C3CC3)c12. The third-order valence-electron chi connectivity index (χ3n) is 21.9. The standard InChI is InChI=1S/C68H78F2N6O18/c1-35-27-72(22-20-71-35)57-47(69)24-42-55(61(57)88-4)75(38-9-10-38)30-45(59(42)82)64(85)93-34-94-65(86)74-21-6-7-36-28-73(31-49(36)74)58-48(70)25-43-56(62(58)89-5)76(39-11-12-39)29-44(60(43)83)63(84)92-33-91-53(81)15-14-52(80)90-32-51(79)68(87)19-17-46-41-13-8-37-23-40(77)16-18-66(37,2)54(41)50(78)26-67(46,68)3/h16,18,23-25,29-30,35-36,38-39,41,46,49-50,54,71,78,87H,6-15,17,19-22,26-28,31-34H2,1-5H3. The van der Waals surface area contributed by atoms with E-state index < -0.39 is 125 Å². The lowest BCUT2D eigenvalue weighted by atomic mass is 9.46. The van der Waals surface area contributed by atoms with E-state index in [4.69, 9.17) is 33.2 Å². The number of allylic oxidation sites excluding steroid dienone is 4. The summed E-state index contributed by atoms with van der Waals surface area (Å²) in [6.45, 7) is 5.56. The molecule has 3 N–H and O–H groups in total. The Morgan fingerprint density at radius 3 is 1.91 bits per heavy atom. The summed E-state index contributed by atoms with van der Waals surface area (Å²) in [6.07, 6.45) is 11.2. The van der Waals surface area contributed by atoms with Crippen LogP contribution in [0.15, 0.2) is 57.9 Å². The number of Topliss-reactive ketones (excluding diaryl/α,β-unsaturated/α-hetero) is 1. The molecule has 0 radical (unpaired) electrons. The molecule has 9 aliphatic rings. The average Bonchev–Trinajstić information content (AvgIpc) is 1.45. The second-order valence-corrected chi connectivity index (χ2v) is 27.4. The number of pyridine rings is 2. The van der Waals surface area contributed by atoms with E-state index in [9.17, 15) is 53.4 Å². The Morgan fingerprint density at radius 2 is 1.32 bits per heavy atom. The van der Waals surface area contributed by atoms with Crippen molar-refractivity contribution in [1.29, 1.82) is 0 Å². The van der Waals surface area contributed by atoms with Gasteiger partial charge in [0.15, 0.2) is 35.5 Å². The van der Waals surface area contributed by atoms with Crippen molar-refractivity contribution in [3.05, 3.63) is 91.5 Å². The summed E-state index contributed by atoms with van der Waals surface area (Å²) >= 11 is 0. The number of rotatable bonds is 18. The minimum Gasteiger partial charge on any atom is -0.492 e. The summed E-state index contributed by atoms with van der Waals surface area (Å²) in [5.74, 6) is -6.81. The van der Waals surface area contributed by atoms with Crippen LogP contribution in [0.5, 0.6) is 11.5 Å². The first-order valence-corrected chi connectivity index (χ1v) is 32.6. The molecule has 5 saturated carbocycles. The summed E-state index contributed by atoms with van der Waals surface area (Å²) < 4.78 is 74.5. The molecule has 2 aromatic carbocycles. The molecule has 2 aromatic heterocycles. The zero-order valence-corrected chi connectivity index (χ0v) is 53.2. The Labute approximate surface area is 539 Å². The van der Waals surface area contributed by atoms with Gasteiger partial charge < -0.3 is 72.5 Å². The largest absolute Gasteiger partial charge is 0.492 e. The number of aliphatic hydroxyl groups excluding tert-OH is 1. The Bertz CT molecular complexity index is 4030. The number of benzene rings is 2. The van der Waals surface area contributed by atoms with Crippen molar-refractivity contribution >= 4 is 74.7 Å². The molecule has 13 rings (SSSR count). The van der Waals surface area contributed by atoms with E-state index in [0.717, 1.165) is 30.5 Å². The molecule has 26 heteroatoms. The minimum atomic E-state index is -1.89.